The normalized spacial score (nSPS) is 11.8. The summed E-state index contributed by atoms with van der Waals surface area (Å²) < 4.78 is 31.9. The van der Waals surface area contributed by atoms with Gasteiger partial charge in [0.05, 0.1) is 17.2 Å². The maximum absolute atomic E-state index is 13.3. The average Bonchev–Trinajstić information content (AvgIpc) is 3.16. The van der Waals surface area contributed by atoms with Gasteiger partial charge in [-0.05, 0) is 48.9 Å². The lowest BCUT2D eigenvalue weighted by Crippen LogP contribution is -2.26. The zero-order valence-electron chi connectivity index (χ0n) is 13.9. The van der Waals surface area contributed by atoms with Crippen LogP contribution in [0.5, 0.6) is 5.75 Å². The summed E-state index contributed by atoms with van der Waals surface area (Å²) in [5.41, 5.74) is 3.51. The molecule has 3 aromatic rings. The molecule has 3 rings (SSSR count). The molecule has 0 aliphatic heterocycles. The molecule has 0 saturated carbocycles. The summed E-state index contributed by atoms with van der Waals surface area (Å²) in [4.78, 5) is 16.4. The Hall–Kier alpha value is -2.80. The summed E-state index contributed by atoms with van der Waals surface area (Å²) in [7, 11) is 0. The fourth-order valence-electron chi connectivity index (χ4n) is 2.31. The fourth-order valence-corrected chi connectivity index (χ4v) is 2.86. The molecule has 1 heterocycles. The number of rotatable bonds is 6. The monoisotopic (exact) mass is 374 g/mol. The third-order valence-corrected chi connectivity index (χ3v) is 4.41. The van der Waals surface area contributed by atoms with E-state index in [4.69, 9.17) is 4.74 Å². The maximum atomic E-state index is 13.3. The highest BCUT2D eigenvalue weighted by Crippen LogP contribution is 2.18. The highest BCUT2D eigenvalue weighted by atomic mass is 32.1. The number of carbonyl (C=O) groups is 1. The van der Waals surface area contributed by atoms with E-state index in [0.29, 0.717) is 23.5 Å². The number of hydrogen-bond donors (Lipinski definition) is 1. The topological polar surface area (TPSA) is 51.2 Å². The lowest BCUT2D eigenvalue weighted by Gasteiger charge is -2.15. The first-order valence-corrected chi connectivity index (χ1v) is 8.83. The molecule has 1 unspecified atom stereocenters. The molecule has 26 heavy (non-hydrogen) atoms. The smallest absolute Gasteiger partial charge is 0.251 e. The molecule has 1 aromatic heterocycles. The van der Waals surface area contributed by atoms with E-state index in [1.165, 1.54) is 17.4 Å². The van der Waals surface area contributed by atoms with E-state index >= 15 is 0 Å². The van der Waals surface area contributed by atoms with Gasteiger partial charge in [0.2, 0.25) is 0 Å². The summed E-state index contributed by atoms with van der Waals surface area (Å²) in [5, 5.41) is 4.66. The number of hydrogen-bond acceptors (Lipinski definition) is 4. The quantitative estimate of drug-likeness (QED) is 0.692. The zero-order valence-corrected chi connectivity index (χ0v) is 14.7. The Balaban J connectivity index is 1.59. The molecule has 1 atom stereocenters. The van der Waals surface area contributed by atoms with Gasteiger partial charge < -0.3 is 10.1 Å². The van der Waals surface area contributed by atoms with E-state index in [2.05, 4.69) is 10.3 Å². The van der Waals surface area contributed by atoms with Crippen LogP contribution in [-0.2, 0) is 6.61 Å². The summed E-state index contributed by atoms with van der Waals surface area (Å²) in [5.74, 6) is -1.54. The van der Waals surface area contributed by atoms with Crippen molar-refractivity contribution >= 4 is 17.2 Å². The summed E-state index contributed by atoms with van der Waals surface area (Å²) in [6.45, 7) is 2.07. The van der Waals surface area contributed by atoms with Crippen molar-refractivity contribution in [2.75, 3.05) is 0 Å². The van der Waals surface area contributed by atoms with E-state index in [9.17, 15) is 13.6 Å². The predicted molar refractivity (Wildman–Crippen MR) is 95.1 cm³/mol. The van der Waals surface area contributed by atoms with Crippen molar-refractivity contribution in [2.24, 2.45) is 0 Å². The Morgan fingerprint density at radius 3 is 2.62 bits per heavy atom. The second-order valence-corrected chi connectivity index (χ2v) is 6.38. The summed E-state index contributed by atoms with van der Waals surface area (Å²) in [6, 6.07) is 9.79. The third-order valence-electron chi connectivity index (χ3n) is 3.78. The molecule has 4 nitrogen and oxygen atoms in total. The molecular formula is C19H16F2N2O2S. The Morgan fingerprint density at radius 1 is 1.19 bits per heavy atom. The second kappa shape index (κ2) is 8.05. The van der Waals surface area contributed by atoms with Gasteiger partial charge >= 0.3 is 0 Å². The molecule has 134 valence electrons. The van der Waals surface area contributed by atoms with Crippen LogP contribution in [0.3, 0.4) is 0 Å². The van der Waals surface area contributed by atoms with E-state index in [1.807, 2.05) is 5.38 Å². The van der Waals surface area contributed by atoms with Crippen LogP contribution in [-0.4, -0.2) is 10.9 Å². The van der Waals surface area contributed by atoms with E-state index < -0.39 is 17.7 Å². The third kappa shape index (κ3) is 4.43. The largest absolute Gasteiger partial charge is 0.487 e. The van der Waals surface area contributed by atoms with Gasteiger partial charge in [-0.2, -0.15) is 0 Å². The molecule has 7 heteroatoms. The highest BCUT2D eigenvalue weighted by molar-refractivity contribution is 7.07. The van der Waals surface area contributed by atoms with Crippen molar-refractivity contribution in [3.05, 3.63) is 81.8 Å². The van der Waals surface area contributed by atoms with Crippen molar-refractivity contribution in [3.8, 4) is 5.75 Å². The van der Waals surface area contributed by atoms with Gasteiger partial charge in [0.1, 0.15) is 12.4 Å². The van der Waals surface area contributed by atoms with Crippen LogP contribution in [0.15, 0.2) is 53.4 Å². The number of amides is 1. The van der Waals surface area contributed by atoms with E-state index in [1.54, 1.807) is 36.7 Å². The molecule has 0 aliphatic carbocycles. The number of halogens is 2. The maximum Gasteiger partial charge on any atom is 0.251 e. The highest BCUT2D eigenvalue weighted by Gasteiger charge is 2.13. The zero-order chi connectivity index (χ0) is 18.5. The minimum Gasteiger partial charge on any atom is -0.487 e. The summed E-state index contributed by atoms with van der Waals surface area (Å²) in [6.07, 6.45) is 0. The summed E-state index contributed by atoms with van der Waals surface area (Å²) >= 11 is 1.50. The van der Waals surface area contributed by atoms with Crippen molar-refractivity contribution in [3.63, 3.8) is 0 Å². The van der Waals surface area contributed by atoms with Crippen LogP contribution in [0, 0.1) is 11.6 Å². The van der Waals surface area contributed by atoms with Crippen molar-refractivity contribution in [2.45, 2.75) is 19.6 Å². The molecule has 0 bridgehead atoms. The molecule has 1 amide bonds. The molecule has 2 aromatic carbocycles. The lowest BCUT2D eigenvalue weighted by molar-refractivity contribution is 0.0939. The molecular weight excluding hydrogens is 358 g/mol. The number of aromatic nitrogens is 1. The van der Waals surface area contributed by atoms with Gasteiger partial charge in [0.25, 0.3) is 5.91 Å². The van der Waals surface area contributed by atoms with Gasteiger partial charge in [-0.15, -0.1) is 11.3 Å². The van der Waals surface area contributed by atoms with Gasteiger partial charge in [0.15, 0.2) is 11.6 Å². The van der Waals surface area contributed by atoms with Gasteiger partial charge in [-0.3, -0.25) is 4.79 Å². The molecule has 0 fully saturated rings. The SMILES string of the molecule is CC(NC(=O)c1ccc(OCc2cscn2)cc1)c1ccc(F)c(F)c1. The number of thiazole rings is 1. The van der Waals surface area contributed by atoms with Crippen LogP contribution in [0.2, 0.25) is 0 Å². The van der Waals surface area contributed by atoms with Gasteiger partial charge in [-0.25, -0.2) is 13.8 Å². The number of nitrogens with zero attached hydrogens (tertiary/aromatic N) is 1. The Morgan fingerprint density at radius 2 is 1.96 bits per heavy atom. The van der Waals surface area contributed by atoms with E-state index in [-0.39, 0.29) is 5.91 Å². The Bertz CT molecular complexity index is 883. The second-order valence-electron chi connectivity index (χ2n) is 5.66. The first-order chi connectivity index (χ1) is 12.5. The standard InChI is InChI=1S/C19H16F2N2O2S/c1-12(14-4-7-17(20)18(21)8-14)23-19(24)13-2-5-16(6-3-13)25-9-15-10-26-11-22-15/h2-8,10-12H,9H2,1H3,(H,23,24). The van der Waals surface area contributed by atoms with Crippen LogP contribution < -0.4 is 10.1 Å². The Kier molecular flexibility index (Phi) is 5.58. The number of carbonyl (C=O) groups excluding carboxylic acids is 1. The van der Waals surface area contributed by atoms with Crippen molar-refractivity contribution in [1.82, 2.24) is 10.3 Å². The van der Waals surface area contributed by atoms with Crippen LogP contribution in [0.4, 0.5) is 8.78 Å². The van der Waals surface area contributed by atoms with E-state index in [0.717, 1.165) is 17.8 Å². The van der Waals surface area contributed by atoms with Crippen LogP contribution >= 0.6 is 11.3 Å². The number of benzene rings is 2. The average molecular weight is 374 g/mol. The van der Waals surface area contributed by atoms with Gasteiger partial charge in [0, 0.05) is 10.9 Å². The number of nitrogens with one attached hydrogen (secondary N) is 1. The van der Waals surface area contributed by atoms with Crippen molar-refractivity contribution in [1.29, 1.82) is 0 Å². The molecule has 0 radical (unpaired) electrons. The van der Waals surface area contributed by atoms with Crippen LogP contribution in [0.25, 0.3) is 0 Å². The first-order valence-electron chi connectivity index (χ1n) is 7.88. The van der Waals surface area contributed by atoms with Crippen LogP contribution in [0.1, 0.15) is 34.6 Å². The minimum atomic E-state index is -0.940. The van der Waals surface area contributed by atoms with Crippen molar-refractivity contribution < 1.29 is 18.3 Å². The molecule has 0 aliphatic rings. The Labute approximate surface area is 153 Å². The molecule has 0 spiro atoms. The van der Waals surface area contributed by atoms with Gasteiger partial charge in [-0.1, -0.05) is 6.07 Å². The lowest BCUT2D eigenvalue weighted by atomic mass is 10.1. The fraction of sp³-hybridized carbons (Fsp3) is 0.158. The first kappa shape index (κ1) is 18.0. The molecule has 0 saturated heterocycles. The molecule has 1 N–H and O–H groups in total. The predicted octanol–water partition coefficient (Wildman–Crippen LogP) is 4.49. The minimum absolute atomic E-state index is 0.312. The number of ether oxygens (including phenoxy) is 1.